The fourth-order valence-corrected chi connectivity index (χ4v) is 14.5. The van der Waals surface area contributed by atoms with E-state index in [1.165, 1.54) is 17.5 Å². The molecule has 2 N–H and O–H groups in total. The number of hydrogen-bond acceptors (Lipinski definition) is 8. The summed E-state index contributed by atoms with van der Waals surface area (Å²) < 4.78 is 26.8. The van der Waals surface area contributed by atoms with Gasteiger partial charge in [0.2, 0.25) is 0 Å². The third kappa shape index (κ3) is 12.1. The van der Waals surface area contributed by atoms with Gasteiger partial charge in [0, 0.05) is 19.0 Å². The van der Waals surface area contributed by atoms with E-state index in [2.05, 4.69) is 123 Å². The first kappa shape index (κ1) is 50.6. The number of nitrogens with two attached hydrogens (primary N) is 1. The quantitative estimate of drug-likeness (QED) is 0.0849. The first-order chi connectivity index (χ1) is 34.6. The van der Waals surface area contributed by atoms with Crippen LogP contribution in [-0.4, -0.2) is 76.4 Å². The van der Waals surface area contributed by atoms with Gasteiger partial charge in [0.15, 0.2) is 0 Å². The Balaban J connectivity index is 1.16. The average molecular weight is 964 g/mol. The van der Waals surface area contributed by atoms with Crippen LogP contribution in [0.4, 0.5) is 10.5 Å². The van der Waals surface area contributed by atoms with E-state index in [9.17, 15) is 9.59 Å². The highest BCUT2D eigenvalue weighted by molar-refractivity contribution is 6.99. The van der Waals surface area contributed by atoms with E-state index in [0.29, 0.717) is 44.2 Å². The van der Waals surface area contributed by atoms with Crippen molar-refractivity contribution in [3.05, 3.63) is 240 Å². The lowest BCUT2D eigenvalue weighted by molar-refractivity contribution is -0.137. The highest BCUT2D eigenvalue weighted by Gasteiger charge is 2.51. The number of nitrogens with zero attached hydrogens (tertiary/aromatic N) is 2. The molecule has 364 valence electrons. The summed E-state index contributed by atoms with van der Waals surface area (Å²) in [5.41, 5.74) is 11.9. The molecule has 0 saturated carbocycles. The van der Waals surface area contributed by atoms with Crippen LogP contribution in [0.5, 0.6) is 0 Å². The Hall–Kier alpha value is -6.76. The van der Waals surface area contributed by atoms with Crippen molar-refractivity contribution >= 4 is 42.5 Å². The Morgan fingerprint density at radius 2 is 1.18 bits per heavy atom. The molecule has 71 heavy (non-hydrogen) atoms. The number of anilines is 1. The lowest BCUT2D eigenvalue weighted by Crippen LogP contribution is -2.68. The molecule has 1 fully saturated rings. The molecule has 9 nitrogen and oxygen atoms in total. The van der Waals surface area contributed by atoms with Gasteiger partial charge in [0.25, 0.3) is 14.2 Å². The maximum atomic E-state index is 14.8. The fraction of sp³-hybridized carbons (Fsp3) is 0.246. The van der Waals surface area contributed by atoms with Gasteiger partial charge >= 0.3 is 6.09 Å². The second kappa shape index (κ2) is 23.9. The number of benzene rings is 7. The van der Waals surface area contributed by atoms with Gasteiger partial charge in [-0.2, -0.15) is 0 Å². The first-order valence-corrected chi connectivity index (χ1v) is 26.3. The molecule has 0 spiro atoms. The number of morpholine rings is 1. The molecule has 0 bridgehead atoms. The van der Waals surface area contributed by atoms with Crippen molar-refractivity contribution in [2.75, 3.05) is 31.8 Å². The largest absolute Gasteiger partial charge is 0.452 e. The second-order valence-electron chi connectivity index (χ2n) is 19.1. The Morgan fingerprint density at radius 3 is 1.72 bits per heavy atom. The molecule has 8 rings (SSSR count). The van der Waals surface area contributed by atoms with Crippen molar-refractivity contribution in [1.82, 2.24) is 4.90 Å². The number of carbonyl (C=O) groups excluding carboxylic acids is 2. The Morgan fingerprint density at radius 1 is 0.690 bits per heavy atom. The maximum absolute atomic E-state index is 14.8. The first-order valence-electron chi connectivity index (χ1n) is 24.4. The summed E-state index contributed by atoms with van der Waals surface area (Å²) in [5.74, 6) is -1.14. The molecule has 10 heteroatoms. The second-order valence-corrected chi connectivity index (χ2v) is 23.4. The summed E-state index contributed by atoms with van der Waals surface area (Å²) in [6.45, 7) is 9.18. The highest BCUT2D eigenvalue weighted by Crippen LogP contribution is 2.38. The van der Waals surface area contributed by atoms with E-state index in [-0.39, 0.29) is 11.1 Å². The number of para-hydroxylation sites is 1. The van der Waals surface area contributed by atoms with Gasteiger partial charge in [0.1, 0.15) is 0 Å². The summed E-state index contributed by atoms with van der Waals surface area (Å²) in [4.78, 5) is 32.2. The van der Waals surface area contributed by atoms with Crippen LogP contribution >= 0.6 is 0 Å². The summed E-state index contributed by atoms with van der Waals surface area (Å²) in [7, 11) is -1.72. The van der Waals surface area contributed by atoms with Gasteiger partial charge in [-0.15, -0.1) is 0 Å². The predicted molar refractivity (Wildman–Crippen MR) is 287 cm³/mol. The third-order valence-electron chi connectivity index (χ3n) is 13.4. The predicted octanol–water partition coefficient (Wildman–Crippen LogP) is 10.4. The van der Waals surface area contributed by atoms with Gasteiger partial charge in [-0.3, -0.25) is 9.69 Å². The van der Waals surface area contributed by atoms with Crippen LogP contribution in [0.2, 0.25) is 5.04 Å². The molecule has 4 atom stereocenters. The zero-order valence-electron chi connectivity index (χ0n) is 41.1. The molecule has 1 aliphatic rings. The molecular weight excluding hydrogens is 899 g/mol. The van der Waals surface area contributed by atoms with E-state index in [1.807, 2.05) is 109 Å². The van der Waals surface area contributed by atoms with Crippen LogP contribution in [0.25, 0.3) is 6.08 Å². The standard InChI is InChI=1S/C61H65N3O6Si/c1-61(2,3)71(52-34-19-9-20-35-52,53-36-21-10-22-37-53)69-45-56-55(44-68-43-47-27-13-6-14-28-47)63(41-46-25-11-5-12-26-46)42-51(70-56)40-39-48-29-23-24-38-54(48)64(60(66)67-4)59(65)58(62)57(49-30-15-7-16-31-49)50-32-17-8-18-33-50/h5-40,51,55-58H,41-45,62H2,1-4H3/b40-39+/t51-,55-,56-,58+/m1/s1. The van der Waals surface area contributed by atoms with Crippen molar-refractivity contribution in [3.8, 4) is 0 Å². The normalized spacial score (nSPS) is 17.0. The minimum atomic E-state index is -2.99. The number of hydrogen-bond donors (Lipinski definition) is 1. The van der Waals surface area contributed by atoms with E-state index >= 15 is 0 Å². The number of imide groups is 1. The zero-order chi connectivity index (χ0) is 49.6. The Bertz CT molecular complexity index is 2700. The fourth-order valence-electron chi connectivity index (χ4n) is 9.93. The molecule has 0 aromatic heterocycles. The number of ether oxygens (including phenoxy) is 3. The molecule has 0 unspecified atom stereocenters. The Kier molecular flexibility index (Phi) is 17.0. The van der Waals surface area contributed by atoms with Crippen LogP contribution in [0.1, 0.15) is 54.5 Å². The summed E-state index contributed by atoms with van der Waals surface area (Å²) in [6.07, 6.45) is 2.23. The molecule has 0 radical (unpaired) electrons. The lowest BCUT2D eigenvalue weighted by Gasteiger charge is -2.47. The van der Waals surface area contributed by atoms with Crippen LogP contribution < -0.4 is 21.0 Å². The number of amides is 2. The zero-order valence-corrected chi connectivity index (χ0v) is 42.1. The number of carbonyl (C=O) groups is 2. The molecule has 7 aromatic rings. The lowest BCUT2D eigenvalue weighted by atomic mass is 9.84. The monoisotopic (exact) mass is 963 g/mol. The molecule has 1 heterocycles. The van der Waals surface area contributed by atoms with Crippen LogP contribution in [0.15, 0.2) is 212 Å². The SMILES string of the molecule is COC(=O)N(C(=O)[C@@H](N)C(c1ccccc1)c1ccccc1)c1ccccc1/C=C/[C@@H]1CN(Cc2ccccc2)[C@H](COCc2ccccc2)[C@@H](CO[Si](c2ccccc2)(c2ccccc2)C(C)(C)C)O1. The number of methoxy groups -OCH3 is 1. The minimum absolute atomic E-state index is 0.190. The van der Waals surface area contributed by atoms with Crippen molar-refractivity contribution in [3.63, 3.8) is 0 Å². The maximum Gasteiger partial charge on any atom is 0.421 e. The summed E-state index contributed by atoms with van der Waals surface area (Å²) in [5, 5.41) is 2.11. The van der Waals surface area contributed by atoms with Crippen LogP contribution in [0.3, 0.4) is 0 Å². The van der Waals surface area contributed by atoms with Gasteiger partial charge in [0.05, 0.1) is 56.9 Å². The minimum Gasteiger partial charge on any atom is -0.452 e. The van der Waals surface area contributed by atoms with E-state index in [1.54, 1.807) is 12.1 Å². The molecule has 0 aliphatic carbocycles. The molecule has 2 amide bonds. The van der Waals surface area contributed by atoms with Crippen molar-refractivity contribution in [1.29, 1.82) is 0 Å². The van der Waals surface area contributed by atoms with Crippen LogP contribution in [0, 0.1) is 0 Å². The van der Waals surface area contributed by atoms with Gasteiger partial charge < -0.3 is 24.4 Å². The summed E-state index contributed by atoms with van der Waals surface area (Å²) >= 11 is 0. The average Bonchev–Trinajstić information content (AvgIpc) is 3.40. The molecular formula is C61H65N3O6Si. The van der Waals surface area contributed by atoms with Crippen molar-refractivity contribution in [2.45, 2.75) is 69.2 Å². The van der Waals surface area contributed by atoms with Gasteiger partial charge in [-0.05, 0) is 49.3 Å². The highest BCUT2D eigenvalue weighted by atomic mass is 28.4. The summed E-state index contributed by atoms with van der Waals surface area (Å²) in [6, 6.07) is 67.3. The van der Waals surface area contributed by atoms with Crippen LogP contribution in [-0.2, 0) is 36.6 Å². The third-order valence-corrected chi connectivity index (χ3v) is 18.4. The molecule has 1 saturated heterocycles. The van der Waals surface area contributed by atoms with E-state index < -0.39 is 44.5 Å². The van der Waals surface area contributed by atoms with Gasteiger partial charge in [-0.1, -0.05) is 233 Å². The van der Waals surface area contributed by atoms with E-state index in [4.69, 9.17) is 24.4 Å². The number of rotatable bonds is 18. The van der Waals surface area contributed by atoms with Crippen molar-refractivity contribution in [2.24, 2.45) is 5.73 Å². The topological polar surface area (TPSA) is 104 Å². The van der Waals surface area contributed by atoms with E-state index in [0.717, 1.165) is 27.2 Å². The Labute approximate surface area is 420 Å². The van der Waals surface area contributed by atoms with Crippen molar-refractivity contribution < 1.29 is 28.2 Å². The van der Waals surface area contributed by atoms with Gasteiger partial charge in [-0.25, -0.2) is 9.69 Å². The molecule has 7 aromatic carbocycles. The smallest absolute Gasteiger partial charge is 0.421 e. The molecule has 1 aliphatic heterocycles.